The predicted octanol–water partition coefficient (Wildman–Crippen LogP) is 3.04. The van der Waals surface area contributed by atoms with E-state index >= 15 is 0 Å². The summed E-state index contributed by atoms with van der Waals surface area (Å²) in [5, 5.41) is 9.37. The van der Waals surface area contributed by atoms with Crippen LogP contribution in [0.2, 0.25) is 5.02 Å². The third kappa shape index (κ3) is 2.67. The van der Waals surface area contributed by atoms with E-state index in [1.807, 2.05) is 0 Å². The van der Waals surface area contributed by atoms with E-state index in [9.17, 15) is 9.59 Å². The van der Waals surface area contributed by atoms with Gasteiger partial charge in [0.05, 0.1) is 10.6 Å². The number of carboxylic acids is 1. The van der Waals surface area contributed by atoms with Crippen LogP contribution in [0.5, 0.6) is 0 Å². The van der Waals surface area contributed by atoms with Crippen molar-refractivity contribution in [3.63, 3.8) is 0 Å². The lowest BCUT2D eigenvalue weighted by Gasteiger charge is -2.31. The standard InChI is InChI=1S/C12H13BrClNO3/c1-12(2,11(17)18)15(3)10(16)7-5-4-6-8(13)9(7)14/h4-6H,1-3H3,(H,17,18). The molecule has 0 bridgehead atoms. The Morgan fingerprint density at radius 3 is 2.44 bits per heavy atom. The molecule has 0 fully saturated rings. The number of hydrogen-bond acceptors (Lipinski definition) is 2. The molecule has 0 aliphatic carbocycles. The molecule has 0 aliphatic heterocycles. The van der Waals surface area contributed by atoms with E-state index in [4.69, 9.17) is 16.7 Å². The number of amides is 1. The van der Waals surface area contributed by atoms with Crippen molar-refractivity contribution < 1.29 is 14.7 Å². The van der Waals surface area contributed by atoms with Crippen molar-refractivity contribution in [3.05, 3.63) is 33.3 Å². The van der Waals surface area contributed by atoms with Gasteiger partial charge in [0.1, 0.15) is 5.54 Å². The molecule has 1 N–H and O–H groups in total. The molecule has 0 aromatic heterocycles. The minimum atomic E-state index is -1.30. The maximum absolute atomic E-state index is 12.2. The van der Waals surface area contributed by atoms with Crippen LogP contribution in [0, 0.1) is 0 Å². The summed E-state index contributed by atoms with van der Waals surface area (Å²) in [6.07, 6.45) is 0. The molecular formula is C12H13BrClNO3. The summed E-state index contributed by atoms with van der Waals surface area (Å²) in [6.45, 7) is 2.91. The molecule has 4 nitrogen and oxygen atoms in total. The maximum atomic E-state index is 12.2. The number of carbonyl (C=O) groups is 2. The predicted molar refractivity (Wildman–Crippen MR) is 73.0 cm³/mol. The molecule has 0 aliphatic rings. The largest absolute Gasteiger partial charge is 0.480 e. The second kappa shape index (κ2) is 5.28. The highest BCUT2D eigenvalue weighted by molar-refractivity contribution is 9.10. The molecular weight excluding hydrogens is 321 g/mol. The monoisotopic (exact) mass is 333 g/mol. The Balaban J connectivity index is 3.16. The van der Waals surface area contributed by atoms with Crippen molar-refractivity contribution in [2.75, 3.05) is 7.05 Å². The molecule has 0 spiro atoms. The van der Waals surface area contributed by atoms with Gasteiger partial charge in [-0.15, -0.1) is 0 Å². The first-order chi connectivity index (χ1) is 8.19. The molecule has 0 heterocycles. The zero-order chi connectivity index (χ0) is 14.1. The van der Waals surface area contributed by atoms with Gasteiger partial charge in [0.25, 0.3) is 5.91 Å². The summed E-state index contributed by atoms with van der Waals surface area (Å²) in [7, 11) is 1.44. The number of hydrogen-bond donors (Lipinski definition) is 1. The Kier molecular flexibility index (Phi) is 4.40. The van der Waals surface area contributed by atoms with Crippen LogP contribution < -0.4 is 0 Å². The zero-order valence-electron chi connectivity index (χ0n) is 10.2. The number of rotatable bonds is 3. The van der Waals surface area contributed by atoms with Gasteiger partial charge in [-0.1, -0.05) is 17.7 Å². The van der Waals surface area contributed by atoms with Crippen LogP contribution in [0.1, 0.15) is 24.2 Å². The molecule has 0 saturated heterocycles. The number of carboxylic acid groups (broad SMARTS) is 1. The van der Waals surface area contributed by atoms with Gasteiger partial charge < -0.3 is 10.0 Å². The minimum absolute atomic E-state index is 0.267. The van der Waals surface area contributed by atoms with Crippen LogP contribution in [0.3, 0.4) is 0 Å². The lowest BCUT2D eigenvalue weighted by molar-refractivity contribution is -0.147. The van der Waals surface area contributed by atoms with E-state index < -0.39 is 17.4 Å². The van der Waals surface area contributed by atoms with E-state index in [0.717, 1.165) is 4.90 Å². The average molecular weight is 335 g/mol. The third-order valence-electron chi connectivity index (χ3n) is 2.85. The summed E-state index contributed by atoms with van der Waals surface area (Å²) in [5.41, 5.74) is -1.04. The van der Waals surface area contributed by atoms with E-state index in [1.165, 1.54) is 20.9 Å². The number of carbonyl (C=O) groups excluding carboxylic acids is 1. The molecule has 1 aromatic rings. The van der Waals surface area contributed by atoms with Crippen LogP contribution in [0.25, 0.3) is 0 Å². The van der Waals surface area contributed by atoms with Crippen LogP contribution in [-0.4, -0.2) is 34.5 Å². The summed E-state index contributed by atoms with van der Waals surface area (Å²) in [4.78, 5) is 24.5. The van der Waals surface area contributed by atoms with Gasteiger partial charge in [0, 0.05) is 11.5 Å². The lowest BCUT2D eigenvalue weighted by atomic mass is 10.0. The first-order valence-corrected chi connectivity index (χ1v) is 6.32. The van der Waals surface area contributed by atoms with Crippen molar-refractivity contribution >= 4 is 39.4 Å². The molecule has 6 heteroatoms. The Labute approximate surface area is 119 Å². The quantitative estimate of drug-likeness (QED) is 0.924. The second-order valence-electron chi connectivity index (χ2n) is 4.33. The molecule has 0 atom stereocenters. The van der Waals surface area contributed by atoms with Crippen molar-refractivity contribution in [2.45, 2.75) is 19.4 Å². The molecule has 18 heavy (non-hydrogen) atoms. The van der Waals surface area contributed by atoms with Gasteiger partial charge in [0.2, 0.25) is 0 Å². The van der Waals surface area contributed by atoms with E-state index in [0.29, 0.717) is 4.47 Å². The second-order valence-corrected chi connectivity index (χ2v) is 5.56. The van der Waals surface area contributed by atoms with Gasteiger partial charge in [-0.2, -0.15) is 0 Å². The number of likely N-dealkylation sites (N-methyl/N-ethyl adjacent to an activating group) is 1. The first-order valence-electron chi connectivity index (χ1n) is 5.15. The topological polar surface area (TPSA) is 57.6 Å². The van der Waals surface area contributed by atoms with Gasteiger partial charge in [-0.3, -0.25) is 4.79 Å². The number of aliphatic carboxylic acids is 1. The highest BCUT2D eigenvalue weighted by Gasteiger charge is 2.36. The smallest absolute Gasteiger partial charge is 0.329 e. The fourth-order valence-corrected chi connectivity index (χ4v) is 1.82. The van der Waals surface area contributed by atoms with E-state index in [2.05, 4.69) is 15.9 Å². The van der Waals surface area contributed by atoms with Gasteiger partial charge in [-0.05, 0) is 41.9 Å². The van der Waals surface area contributed by atoms with E-state index in [-0.39, 0.29) is 10.6 Å². The molecule has 0 radical (unpaired) electrons. The summed E-state index contributed by atoms with van der Waals surface area (Å²) in [6, 6.07) is 4.94. The number of benzene rings is 1. The zero-order valence-corrected chi connectivity index (χ0v) is 12.5. The average Bonchev–Trinajstić information content (AvgIpc) is 2.30. The van der Waals surface area contributed by atoms with Crippen molar-refractivity contribution in [2.24, 2.45) is 0 Å². The summed E-state index contributed by atoms with van der Waals surface area (Å²) >= 11 is 9.24. The van der Waals surface area contributed by atoms with Crippen LogP contribution in [-0.2, 0) is 4.79 Å². The van der Waals surface area contributed by atoms with Crippen molar-refractivity contribution in [3.8, 4) is 0 Å². The summed E-state index contributed by atoms with van der Waals surface area (Å²) in [5.74, 6) is -1.52. The fraction of sp³-hybridized carbons (Fsp3) is 0.333. The lowest BCUT2D eigenvalue weighted by Crippen LogP contribution is -2.50. The molecule has 98 valence electrons. The highest BCUT2D eigenvalue weighted by atomic mass is 79.9. The Morgan fingerprint density at radius 1 is 1.39 bits per heavy atom. The Morgan fingerprint density at radius 2 is 1.94 bits per heavy atom. The minimum Gasteiger partial charge on any atom is -0.480 e. The molecule has 0 unspecified atom stereocenters. The van der Waals surface area contributed by atoms with Crippen LogP contribution >= 0.6 is 27.5 Å². The first kappa shape index (κ1) is 15.0. The molecule has 1 amide bonds. The molecule has 1 rings (SSSR count). The van der Waals surface area contributed by atoms with Gasteiger partial charge in [0.15, 0.2) is 0 Å². The van der Waals surface area contributed by atoms with Crippen molar-refractivity contribution in [1.29, 1.82) is 0 Å². The maximum Gasteiger partial charge on any atom is 0.329 e. The third-order valence-corrected chi connectivity index (χ3v) is 4.14. The number of halogens is 2. The number of nitrogens with zero attached hydrogens (tertiary/aromatic N) is 1. The highest BCUT2D eigenvalue weighted by Crippen LogP contribution is 2.28. The van der Waals surface area contributed by atoms with Gasteiger partial charge in [-0.25, -0.2) is 4.79 Å². The fourth-order valence-electron chi connectivity index (χ4n) is 1.25. The van der Waals surface area contributed by atoms with E-state index in [1.54, 1.807) is 18.2 Å². The normalized spacial score (nSPS) is 11.2. The van der Waals surface area contributed by atoms with Crippen LogP contribution in [0.15, 0.2) is 22.7 Å². The Bertz CT molecular complexity index is 502. The van der Waals surface area contributed by atoms with Crippen LogP contribution in [0.4, 0.5) is 0 Å². The van der Waals surface area contributed by atoms with Gasteiger partial charge >= 0.3 is 5.97 Å². The van der Waals surface area contributed by atoms with Crippen molar-refractivity contribution in [1.82, 2.24) is 4.90 Å². The SMILES string of the molecule is CN(C(=O)c1cccc(Br)c1Cl)C(C)(C)C(=O)O. The Hall–Kier alpha value is -1.07. The molecule has 1 aromatic carbocycles. The molecule has 0 saturated carbocycles. The summed E-state index contributed by atoms with van der Waals surface area (Å²) < 4.78 is 0.594.